The number of rotatable bonds is 5. The quantitative estimate of drug-likeness (QED) is 0.654. The van der Waals surface area contributed by atoms with Crippen LogP contribution in [-0.2, 0) is 4.74 Å². The Kier molecular flexibility index (Phi) is 5.29. The minimum Gasteiger partial charge on any atom is -0.482 e. The third-order valence-corrected chi connectivity index (χ3v) is 3.94. The lowest BCUT2D eigenvalue weighted by Gasteiger charge is -2.14. The van der Waals surface area contributed by atoms with Gasteiger partial charge in [-0.15, -0.1) is 0 Å². The van der Waals surface area contributed by atoms with Crippen LogP contribution >= 0.6 is 11.6 Å². The summed E-state index contributed by atoms with van der Waals surface area (Å²) in [6.45, 7) is 4.90. The highest BCUT2D eigenvalue weighted by atomic mass is 35.5. The molecule has 0 aliphatic rings. The van der Waals surface area contributed by atoms with Gasteiger partial charge in [-0.1, -0.05) is 11.6 Å². The lowest BCUT2D eigenvalue weighted by atomic mass is 10.1. The Morgan fingerprint density at radius 2 is 1.96 bits per heavy atom. The van der Waals surface area contributed by atoms with E-state index >= 15 is 0 Å². The van der Waals surface area contributed by atoms with Crippen molar-refractivity contribution >= 4 is 23.4 Å². The van der Waals surface area contributed by atoms with Crippen LogP contribution in [0.4, 0.5) is 4.39 Å². The number of aromatic nitrogens is 1. The fourth-order valence-corrected chi connectivity index (χ4v) is 2.59. The first kappa shape index (κ1) is 18.0. The molecule has 0 bridgehead atoms. The summed E-state index contributed by atoms with van der Waals surface area (Å²) < 4.78 is 23.4. The van der Waals surface area contributed by atoms with E-state index in [1.165, 1.54) is 19.2 Å². The number of Topliss-reactive ketones (excluding diaryl/α,β-unsaturated/α-hetero) is 1. The van der Waals surface area contributed by atoms with E-state index in [0.29, 0.717) is 16.8 Å². The zero-order valence-corrected chi connectivity index (χ0v) is 14.5. The Bertz CT molecular complexity index is 800. The number of ether oxygens (including phenoxy) is 2. The van der Waals surface area contributed by atoms with Gasteiger partial charge in [0.05, 0.1) is 23.4 Å². The molecule has 128 valence electrons. The maximum atomic E-state index is 13.2. The van der Waals surface area contributed by atoms with Crippen molar-refractivity contribution in [1.29, 1.82) is 0 Å². The molecule has 1 atom stereocenters. The van der Waals surface area contributed by atoms with Crippen LogP contribution in [0, 0.1) is 19.7 Å². The number of ketones is 1. The minimum absolute atomic E-state index is 0.0907. The number of hydrogen-bond donors (Lipinski definition) is 1. The van der Waals surface area contributed by atoms with E-state index in [2.05, 4.69) is 4.98 Å². The second-order valence-electron chi connectivity index (χ2n) is 5.32. The van der Waals surface area contributed by atoms with E-state index in [4.69, 9.17) is 21.1 Å². The van der Waals surface area contributed by atoms with Crippen molar-refractivity contribution in [3.8, 4) is 5.75 Å². The maximum absolute atomic E-state index is 13.2. The Labute approximate surface area is 143 Å². The van der Waals surface area contributed by atoms with Gasteiger partial charge in [0, 0.05) is 11.8 Å². The SMILES string of the molecule is COC(=O)c1c(C)[nH]c(C(=O)[C@H](C)Oc2ccc(F)c(Cl)c2)c1C. The number of carbonyl (C=O) groups is 2. The number of nitrogens with one attached hydrogen (secondary N) is 1. The first-order chi connectivity index (χ1) is 11.3. The van der Waals surface area contributed by atoms with Crippen LogP contribution in [0.5, 0.6) is 5.75 Å². The highest BCUT2D eigenvalue weighted by Gasteiger charge is 2.26. The lowest BCUT2D eigenvalue weighted by Crippen LogP contribution is -2.25. The number of halogens is 2. The van der Waals surface area contributed by atoms with Gasteiger partial charge in [-0.25, -0.2) is 9.18 Å². The number of benzene rings is 1. The first-order valence-electron chi connectivity index (χ1n) is 7.19. The van der Waals surface area contributed by atoms with Gasteiger partial charge in [0.15, 0.2) is 6.10 Å². The fourth-order valence-electron chi connectivity index (χ4n) is 2.42. The van der Waals surface area contributed by atoms with Gasteiger partial charge in [-0.05, 0) is 38.5 Å². The molecule has 0 fully saturated rings. The second-order valence-corrected chi connectivity index (χ2v) is 5.72. The van der Waals surface area contributed by atoms with Crippen molar-refractivity contribution in [3.63, 3.8) is 0 Å². The van der Waals surface area contributed by atoms with E-state index < -0.39 is 17.9 Å². The first-order valence-corrected chi connectivity index (χ1v) is 7.57. The number of aromatic amines is 1. The van der Waals surface area contributed by atoms with Gasteiger partial charge in [-0.2, -0.15) is 0 Å². The topological polar surface area (TPSA) is 68.4 Å². The maximum Gasteiger partial charge on any atom is 0.339 e. The zero-order valence-electron chi connectivity index (χ0n) is 13.7. The average Bonchev–Trinajstić information content (AvgIpc) is 2.84. The van der Waals surface area contributed by atoms with Crippen molar-refractivity contribution < 1.29 is 23.5 Å². The molecular weight excluding hydrogens is 337 g/mol. The van der Waals surface area contributed by atoms with E-state index in [1.54, 1.807) is 20.8 Å². The predicted octanol–water partition coefficient (Wildman–Crippen LogP) is 3.86. The predicted molar refractivity (Wildman–Crippen MR) is 87.4 cm³/mol. The molecule has 0 aliphatic carbocycles. The molecule has 7 heteroatoms. The third-order valence-electron chi connectivity index (χ3n) is 3.65. The van der Waals surface area contributed by atoms with Crippen LogP contribution in [0.15, 0.2) is 18.2 Å². The van der Waals surface area contributed by atoms with E-state index in [1.807, 2.05) is 0 Å². The fraction of sp³-hybridized carbons (Fsp3) is 0.294. The van der Waals surface area contributed by atoms with Gasteiger partial charge >= 0.3 is 5.97 Å². The van der Waals surface area contributed by atoms with E-state index in [-0.39, 0.29) is 22.2 Å². The second kappa shape index (κ2) is 7.05. The molecule has 1 N–H and O–H groups in total. The molecule has 5 nitrogen and oxygen atoms in total. The van der Waals surface area contributed by atoms with Crippen molar-refractivity contribution in [1.82, 2.24) is 4.98 Å². The molecule has 1 aromatic heterocycles. The number of methoxy groups -OCH3 is 1. The summed E-state index contributed by atoms with van der Waals surface area (Å²) in [5.74, 6) is -1.15. The van der Waals surface area contributed by atoms with Crippen molar-refractivity contribution in [2.45, 2.75) is 26.9 Å². The highest BCUT2D eigenvalue weighted by molar-refractivity contribution is 6.30. The summed E-state index contributed by atoms with van der Waals surface area (Å²) in [6, 6.07) is 3.85. The molecular formula is C17H17ClFNO4. The van der Waals surface area contributed by atoms with Crippen molar-refractivity contribution in [2.75, 3.05) is 7.11 Å². The highest BCUT2D eigenvalue weighted by Crippen LogP contribution is 2.24. The number of H-pyrrole nitrogens is 1. The van der Waals surface area contributed by atoms with Crippen LogP contribution in [-0.4, -0.2) is 30.0 Å². The molecule has 0 saturated heterocycles. The molecule has 1 heterocycles. The molecule has 0 radical (unpaired) electrons. The van der Waals surface area contributed by atoms with E-state index in [0.717, 1.165) is 6.07 Å². The van der Waals surface area contributed by atoms with Gasteiger partial charge in [0.25, 0.3) is 0 Å². The number of aryl methyl sites for hydroxylation is 1. The number of hydrogen-bond acceptors (Lipinski definition) is 4. The largest absolute Gasteiger partial charge is 0.482 e. The molecule has 2 rings (SSSR count). The smallest absolute Gasteiger partial charge is 0.339 e. The van der Waals surface area contributed by atoms with Crippen LogP contribution < -0.4 is 4.74 Å². The minimum atomic E-state index is -0.853. The standard InChI is InChI=1S/C17H17ClFNO4/c1-8-14(17(22)23-4)9(2)20-15(8)16(21)10(3)24-11-5-6-13(19)12(18)7-11/h5-7,10,20H,1-4H3/t10-/m0/s1. The Morgan fingerprint density at radius 1 is 1.29 bits per heavy atom. The monoisotopic (exact) mass is 353 g/mol. The molecule has 0 saturated carbocycles. The molecule has 0 unspecified atom stereocenters. The van der Waals surface area contributed by atoms with Gasteiger partial charge in [0.2, 0.25) is 5.78 Å². The number of esters is 1. The number of carbonyl (C=O) groups excluding carboxylic acids is 2. The van der Waals surface area contributed by atoms with Crippen LogP contribution in [0.1, 0.15) is 39.0 Å². The normalized spacial score (nSPS) is 11.9. The summed E-state index contributed by atoms with van der Waals surface area (Å²) >= 11 is 5.70. The third kappa shape index (κ3) is 3.43. The van der Waals surface area contributed by atoms with E-state index in [9.17, 15) is 14.0 Å². The van der Waals surface area contributed by atoms with Crippen LogP contribution in [0.25, 0.3) is 0 Å². The molecule has 24 heavy (non-hydrogen) atoms. The zero-order chi connectivity index (χ0) is 18.0. The Hall–Kier alpha value is -2.34. The van der Waals surface area contributed by atoms with Gasteiger partial charge < -0.3 is 14.5 Å². The summed E-state index contributed by atoms with van der Waals surface area (Å²) in [6.07, 6.45) is -0.853. The molecule has 0 amide bonds. The lowest BCUT2D eigenvalue weighted by molar-refractivity contribution is 0.0599. The summed E-state index contributed by atoms with van der Waals surface area (Å²) in [4.78, 5) is 27.3. The molecule has 0 spiro atoms. The van der Waals surface area contributed by atoms with Gasteiger partial charge in [0.1, 0.15) is 11.6 Å². The Balaban J connectivity index is 2.25. The van der Waals surface area contributed by atoms with Gasteiger partial charge in [-0.3, -0.25) is 4.79 Å². The summed E-state index contributed by atoms with van der Waals surface area (Å²) in [5, 5.41) is -0.0907. The summed E-state index contributed by atoms with van der Waals surface area (Å²) in [7, 11) is 1.28. The van der Waals surface area contributed by atoms with Crippen LogP contribution in [0.2, 0.25) is 5.02 Å². The summed E-state index contributed by atoms with van der Waals surface area (Å²) in [5.41, 5.74) is 1.64. The Morgan fingerprint density at radius 3 is 2.54 bits per heavy atom. The van der Waals surface area contributed by atoms with Crippen molar-refractivity contribution in [2.24, 2.45) is 0 Å². The molecule has 0 aliphatic heterocycles. The van der Waals surface area contributed by atoms with Crippen LogP contribution in [0.3, 0.4) is 0 Å². The molecule has 1 aromatic carbocycles. The molecule has 2 aromatic rings. The van der Waals surface area contributed by atoms with Crippen molar-refractivity contribution in [3.05, 3.63) is 51.6 Å². The average molecular weight is 354 g/mol.